The van der Waals surface area contributed by atoms with Crippen molar-refractivity contribution in [3.05, 3.63) is 53.1 Å². The minimum atomic E-state index is -0.244. The van der Waals surface area contributed by atoms with Gasteiger partial charge in [0, 0.05) is 24.8 Å². The van der Waals surface area contributed by atoms with Crippen LogP contribution in [0.3, 0.4) is 0 Å². The summed E-state index contributed by atoms with van der Waals surface area (Å²) in [4.78, 5) is 17.2. The average Bonchev–Trinajstić information content (AvgIpc) is 3.16. The molecule has 25 heavy (non-hydrogen) atoms. The highest BCUT2D eigenvalue weighted by Crippen LogP contribution is 2.32. The number of hydrogen-bond acceptors (Lipinski definition) is 3. The lowest BCUT2D eigenvalue weighted by atomic mass is 9.88. The number of rotatable bonds is 4. The first-order chi connectivity index (χ1) is 12.0. The average molecular weight is 338 g/mol. The normalized spacial score (nSPS) is 17.2. The molecule has 0 radical (unpaired) electrons. The Morgan fingerprint density at radius 2 is 2.04 bits per heavy atom. The molecule has 0 unspecified atom stereocenters. The maximum absolute atomic E-state index is 12.7. The SMILES string of the molecule is CC(C)(CC1Cc2ccccc2C1)NC(=O)c1cn2c(n1)CNCC2. The summed E-state index contributed by atoms with van der Waals surface area (Å²) in [6.45, 7) is 6.77. The Bertz CT molecular complexity index is 744. The van der Waals surface area contributed by atoms with Crippen molar-refractivity contribution < 1.29 is 4.79 Å². The van der Waals surface area contributed by atoms with Gasteiger partial charge in [-0.2, -0.15) is 0 Å². The van der Waals surface area contributed by atoms with E-state index in [2.05, 4.69) is 58.3 Å². The monoisotopic (exact) mass is 338 g/mol. The Balaban J connectivity index is 1.39. The number of fused-ring (bicyclic) bond motifs is 2. The van der Waals surface area contributed by atoms with Crippen LogP contribution in [0.15, 0.2) is 30.5 Å². The lowest BCUT2D eigenvalue weighted by Gasteiger charge is -2.29. The highest BCUT2D eigenvalue weighted by Gasteiger charge is 2.30. The minimum Gasteiger partial charge on any atom is -0.346 e. The van der Waals surface area contributed by atoms with E-state index in [1.807, 2.05) is 6.20 Å². The van der Waals surface area contributed by atoms with Gasteiger partial charge in [-0.1, -0.05) is 24.3 Å². The van der Waals surface area contributed by atoms with E-state index in [0.717, 1.165) is 44.7 Å². The molecule has 0 atom stereocenters. The first-order valence-corrected chi connectivity index (χ1v) is 9.16. The lowest BCUT2D eigenvalue weighted by molar-refractivity contribution is 0.0897. The van der Waals surface area contributed by atoms with E-state index in [4.69, 9.17) is 0 Å². The van der Waals surface area contributed by atoms with Crippen LogP contribution in [0.1, 0.15) is 47.7 Å². The molecule has 2 aliphatic rings. The topological polar surface area (TPSA) is 59.0 Å². The predicted octanol–water partition coefficient (Wildman–Crippen LogP) is 2.30. The molecule has 1 aliphatic heterocycles. The van der Waals surface area contributed by atoms with Crippen molar-refractivity contribution in [1.82, 2.24) is 20.2 Å². The van der Waals surface area contributed by atoms with Crippen LogP contribution in [0.5, 0.6) is 0 Å². The van der Waals surface area contributed by atoms with E-state index in [9.17, 15) is 4.79 Å². The van der Waals surface area contributed by atoms with E-state index in [1.165, 1.54) is 11.1 Å². The highest BCUT2D eigenvalue weighted by atomic mass is 16.2. The van der Waals surface area contributed by atoms with E-state index < -0.39 is 0 Å². The summed E-state index contributed by atoms with van der Waals surface area (Å²) >= 11 is 0. The summed E-state index contributed by atoms with van der Waals surface area (Å²) in [5.74, 6) is 1.47. The van der Waals surface area contributed by atoms with Gasteiger partial charge in [0.15, 0.2) is 0 Å². The second-order valence-electron chi connectivity index (χ2n) is 8.00. The molecule has 5 nitrogen and oxygen atoms in total. The van der Waals surface area contributed by atoms with Crippen LogP contribution in [0.25, 0.3) is 0 Å². The molecule has 0 saturated carbocycles. The molecule has 1 aliphatic carbocycles. The first kappa shape index (κ1) is 16.3. The van der Waals surface area contributed by atoms with Gasteiger partial charge in [-0.3, -0.25) is 4.79 Å². The van der Waals surface area contributed by atoms with Gasteiger partial charge in [0.05, 0.1) is 6.54 Å². The summed E-state index contributed by atoms with van der Waals surface area (Å²) in [6, 6.07) is 8.68. The molecule has 5 heteroatoms. The van der Waals surface area contributed by atoms with Crippen LogP contribution in [-0.4, -0.2) is 27.5 Å². The molecule has 2 N–H and O–H groups in total. The number of aromatic nitrogens is 2. The maximum Gasteiger partial charge on any atom is 0.271 e. The molecule has 1 aromatic carbocycles. The van der Waals surface area contributed by atoms with Crippen molar-refractivity contribution in [1.29, 1.82) is 0 Å². The summed E-state index contributed by atoms with van der Waals surface area (Å²) in [7, 11) is 0. The molecular weight excluding hydrogens is 312 g/mol. The molecular formula is C20H26N4O. The fraction of sp³-hybridized carbons (Fsp3) is 0.500. The van der Waals surface area contributed by atoms with Crippen molar-refractivity contribution in [3.8, 4) is 0 Å². The molecule has 0 saturated heterocycles. The molecule has 0 bridgehead atoms. The van der Waals surface area contributed by atoms with Crippen molar-refractivity contribution in [2.24, 2.45) is 5.92 Å². The Morgan fingerprint density at radius 1 is 1.32 bits per heavy atom. The van der Waals surface area contributed by atoms with E-state index in [1.54, 1.807) is 0 Å². The number of nitrogens with zero attached hydrogens (tertiary/aromatic N) is 2. The summed E-state index contributed by atoms with van der Waals surface area (Å²) in [5, 5.41) is 6.48. The van der Waals surface area contributed by atoms with Gasteiger partial charge in [-0.05, 0) is 50.2 Å². The van der Waals surface area contributed by atoms with E-state index in [0.29, 0.717) is 11.6 Å². The van der Waals surface area contributed by atoms with Gasteiger partial charge in [-0.25, -0.2) is 4.98 Å². The van der Waals surface area contributed by atoms with Gasteiger partial charge < -0.3 is 15.2 Å². The largest absolute Gasteiger partial charge is 0.346 e. The summed E-state index contributed by atoms with van der Waals surface area (Å²) in [5.41, 5.74) is 3.21. The number of benzene rings is 1. The van der Waals surface area contributed by atoms with Gasteiger partial charge in [0.25, 0.3) is 5.91 Å². The fourth-order valence-corrected chi connectivity index (χ4v) is 4.24. The Hall–Kier alpha value is -2.14. The summed E-state index contributed by atoms with van der Waals surface area (Å²) < 4.78 is 2.08. The third kappa shape index (κ3) is 3.47. The predicted molar refractivity (Wildman–Crippen MR) is 97.4 cm³/mol. The van der Waals surface area contributed by atoms with Crippen molar-refractivity contribution >= 4 is 5.91 Å². The number of nitrogens with one attached hydrogen (secondary N) is 2. The third-order valence-electron chi connectivity index (χ3n) is 5.29. The van der Waals surface area contributed by atoms with E-state index >= 15 is 0 Å². The molecule has 2 heterocycles. The van der Waals surface area contributed by atoms with Crippen molar-refractivity contribution in [2.45, 2.75) is 51.7 Å². The molecule has 0 fully saturated rings. The zero-order chi connectivity index (χ0) is 17.4. The number of carbonyl (C=O) groups is 1. The maximum atomic E-state index is 12.7. The third-order valence-corrected chi connectivity index (χ3v) is 5.29. The number of amides is 1. The van der Waals surface area contributed by atoms with Gasteiger partial charge in [-0.15, -0.1) is 0 Å². The molecule has 4 rings (SSSR count). The summed E-state index contributed by atoms with van der Waals surface area (Å²) in [6.07, 6.45) is 5.08. The minimum absolute atomic E-state index is 0.0672. The Labute approximate surface area is 148 Å². The van der Waals surface area contributed by atoms with Crippen molar-refractivity contribution in [2.75, 3.05) is 6.54 Å². The Morgan fingerprint density at radius 3 is 2.72 bits per heavy atom. The lowest BCUT2D eigenvalue weighted by Crippen LogP contribution is -2.45. The van der Waals surface area contributed by atoms with Crippen LogP contribution < -0.4 is 10.6 Å². The smallest absolute Gasteiger partial charge is 0.271 e. The van der Waals surface area contributed by atoms with Crippen LogP contribution in [0, 0.1) is 5.92 Å². The quantitative estimate of drug-likeness (QED) is 0.899. The van der Waals surface area contributed by atoms with Crippen LogP contribution in [0.2, 0.25) is 0 Å². The van der Waals surface area contributed by atoms with Crippen LogP contribution in [0.4, 0.5) is 0 Å². The first-order valence-electron chi connectivity index (χ1n) is 9.16. The fourth-order valence-electron chi connectivity index (χ4n) is 4.24. The van der Waals surface area contributed by atoms with Gasteiger partial charge in [0.2, 0.25) is 0 Å². The molecule has 2 aromatic rings. The zero-order valence-corrected chi connectivity index (χ0v) is 15.0. The van der Waals surface area contributed by atoms with Gasteiger partial charge in [0.1, 0.15) is 11.5 Å². The molecule has 132 valence electrons. The number of carbonyl (C=O) groups excluding carboxylic acids is 1. The second kappa shape index (κ2) is 6.30. The molecule has 1 amide bonds. The van der Waals surface area contributed by atoms with Gasteiger partial charge >= 0.3 is 0 Å². The highest BCUT2D eigenvalue weighted by molar-refractivity contribution is 5.92. The van der Waals surface area contributed by atoms with Crippen LogP contribution >= 0.6 is 0 Å². The van der Waals surface area contributed by atoms with Crippen LogP contribution in [-0.2, 0) is 25.9 Å². The standard InChI is InChI=1S/C20H26N4O/c1-20(2,11-14-9-15-5-3-4-6-16(15)10-14)23-19(25)17-13-24-8-7-21-12-18(24)22-17/h3-6,13-14,21H,7-12H2,1-2H3,(H,23,25). The molecule has 1 aromatic heterocycles. The second-order valence-corrected chi connectivity index (χ2v) is 8.00. The van der Waals surface area contributed by atoms with E-state index in [-0.39, 0.29) is 11.4 Å². The zero-order valence-electron chi connectivity index (χ0n) is 15.0. The Kier molecular flexibility index (Phi) is 4.12. The molecule has 0 spiro atoms. The number of hydrogen-bond donors (Lipinski definition) is 2. The number of imidazole rings is 1. The van der Waals surface area contributed by atoms with Crippen molar-refractivity contribution in [3.63, 3.8) is 0 Å².